The molecule has 2 rings (SSSR count). The number of rotatable bonds is 5. The molecule has 0 saturated carbocycles. The number of benzene rings is 2. The molecule has 126 valence electrons. The molecule has 0 bridgehead atoms. The van der Waals surface area contributed by atoms with E-state index in [1.165, 1.54) is 0 Å². The summed E-state index contributed by atoms with van der Waals surface area (Å²) in [4.78, 5) is 24.2. The second-order valence-corrected chi connectivity index (χ2v) is 5.58. The van der Waals surface area contributed by atoms with E-state index in [0.29, 0.717) is 16.9 Å². The van der Waals surface area contributed by atoms with Crippen LogP contribution in [0.4, 0.5) is 0 Å². The summed E-state index contributed by atoms with van der Waals surface area (Å²) in [5.41, 5.74) is 6.65. The molecule has 2 aromatic carbocycles. The molecule has 1 unspecified atom stereocenters. The first-order valence-electron chi connectivity index (χ1n) is 7.94. The molecular formula is C19H22N2O3. The summed E-state index contributed by atoms with van der Waals surface area (Å²) in [5.74, 6) is -0.0185. The average molecular weight is 326 g/mol. The third-order valence-corrected chi connectivity index (χ3v) is 3.71. The van der Waals surface area contributed by atoms with Gasteiger partial charge in [0.2, 0.25) is 0 Å². The van der Waals surface area contributed by atoms with Crippen LogP contribution in [0.25, 0.3) is 0 Å². The zero-order valence-corrected chi connectivity index (χ0v) is 14.1. The maximum Gasteiger partial charge on any atom is 0.269 e. The minimum absolute atomic E-state index is 0.123. The van der Waals surface area contributed by atoms with Crippen molar-refractivity contribution < 1.29 is 14.3 Å². The highest BCUT2D eigenvalue weighted by Gasteiger charge is 2.11. The van der Waals surface area contributed by atoms with E-state index in [9.17, 15) is 9.59 Å². The Balaban J connectivity index is 1.93. The van der Waals surface area contributed by atoms with E-state index in [0.717, 1.165) is 12.0 Å². The van der Waals surface area contributed by atoms with Crippen molar-refractivity contribution in [3.63, 3.8) is 0 Å². The van der Waals surface area contributed by atoms with E-state index in [1.54, 1.807) is 36.4 Å². The quantitative estimate of drug-likeness (QED) is 0.829. The third kappa shape index (κ3) is 4.59. The van der Waals surface area contributed by atoms with Crippen LogP contribution < -0.4 is 15.6 Å². The molecular weight excluding hydrogens is 304 g/mol. The number of amides is 2. The van der Waals surface area contributed by atoms with Crippen LogP contribution in [0, 0.1) is 6.92 Å². The van der Waals surface area contributed by atoms with Gasteiger partial charge in [-0.2, -0.15) is 0 Å². The number of nitrogens with one attached hydrogen (secondary N) is 2. The number of aryl methyl sites for hydroxylation is 1. The van der Waals surface area contributed by atoms with Gasteiger partial charge in [0.25, 0.3) is 11.8 Å². The second-order valence-electron chi connectivity index (χ2n) is 5.58. The Hall–Kier alpha value is -2.82. The average Bonchev–Trinajstić information content (AvgIpc) is 2.60. The van der Waals surface area contributed by atoms with Gasteiger partial charge >= 0.3 is 0 Å². The van der Waals surface area contributed by atoms with Crippen molar-refractivity contribution in [1.29, 1.82) is 0 Å². The number of carbonyl (C=O) groups excluding carboxylic acids is 2. The zero-order valence-electron chi connectivity index (χ0n) is 14.1. The van der Waals surface area contributed by atoms with Gasteiger partial charge in [-0.1, -0.05) is 25.1 Å². The number of hydrogen-bond donors (Lipinski definition) is 2. The minimum atomic E-state index is -0.382. The number of hydrazine groups is 1. The SMILES string of the molecule is CCC(C)Oc1ccc(C(=O)NNC(=O)c2ccccc2C)cc1. The predicted octanol–water partition coefficient (Wildman–Crippen LogP) is 3.25. The Labute approximate surface area is 142 Å². The summed E-state index contributed by atoms with van der Waals surface area (Å²) < 4.78 is 5.67. The van der Waals surface area contributed by atoms with Crippen LogP contribution in [0.3, 0.4) is 0 Å². The molecule has 0 heterocycles. The van der Waals surface area contributed by atoms with Crippen molar-refractivity contribution in [2.75, 3.05) is 0 Å². The van der Waals surface area contributed by atoms with Crippen LogP contribution in [0.1, 0.15) is 46.5 Å². The fourth-order valence-corrected chi connectivity index (χ4v) is 2.08. The van der Waals surface area contributed by atoms with Gasteiger partial charge in [-0.15, -0.1) is 0 Å². The second kappa shape index (κ2) is 8.15. The van der Waals surface area contributed by atoms with Gasteiger partial charge in [0.1, 0.15) is 5.75 Å². The van der Waals surface area contributed by atoms with E-state index < -0.39 is 0 Å². The molecule has 2 amide bonds. The lowest BCUT2D eigenvalue weighted by Gasteiger charge is -2.13. The Morgan fingerprint density at radius 1 is 1.00 bits per heavy atom. The molecule has 24 heavy (non-hydrogen) atoms. The van der Waals surface area contributed by atoms with Crippen LogP contribution in [0.5, 0.6) is 5.75 Å². The lowest BCUT2D eigenvalue weighted by atomic mass is 10.1. The van der Waals surface area contributed by atoms with Gasteiger partial charge in [-0.25, -0.2) is 0 Å². The Bertz CT molecular complexity index is 711. The van der Waals surface area contributed by atoms with Gasteiger partial charge in [0.15, 0.2) is 0 Å². The van der Waals surface area contributed by atoms with Crippen LogP contribution in [0.2, 0.25) is 0 Å². The molecule has 0 saturated heterocycles. The highest BCUT2D eigenvalue weighted by Crippen LogP contribution is 2.14. The fourth-order valence-electron chi connectivity index (χ4n) is 2.08. The molecule has 0 fully saturated rings. The predicted molar refractivity (Wildman–Crippen MR) is 92.9 cm³/mol. The van der Waals surface area contributed by atoms with Crippen LogP contribution in [-0.2, 0) is 0 Å². The fraction of sp³-hybridized carbons (Fsp3) is 0.263. The van der Waals surface area contributed by atoms with Crippen LogP contribution in [-0.4, -0.2) is 17.9 Å². The molecule has 2 aromatic rings. The number of carbonyl (C=O) groups is 2. The molecule has 1 atom stereocenters. The molecule has 0 spiro atoms. The van der Waals surface area contributed by atoms with Gasteiger partial charge in [0.05, 0.1) is 6.10 Å². The topological polar surface area (TPSA) is 67.4 Å². The third-order valence-electron chi connectivity index (χ3n) is 3.71. The van der Waals surface area contributed by atoms with E-state index in [1.807, 2.05) is 32.9 Å². The molecule has 2 N–H and O–H groups in total. The van der Waals surface area contributed by atoms with Crippen molar-refractivity contribution in [2.45, 2.75) is 33.3 Å². The van der Waals surface area contributed by atoms with Gasteiger partial charge in [0, 0.05) is 11.1 Å². The van der Waals surface area contributed by atoms with Gasteiger partial charge < -0.3 is 4.74 Å². The van der Waals surface area contributed by atoms with Crippen LogP contribution >= 0.6 is 0 Å². The summed E-state index contributed by atoms with van der Waals surface area (Å²) in [6.45, 7) is 5.87. The lowest BCUT2D eigenvalue weighted by Crippen LogP contribution is -2.41. The Morgan fingerprint density at radius 3 is 2.25 bits per heavy atom. The first kappa shape index (κ1) is 17.5. The summed E-state index contributed by atoms with van der Waals surface area (Å²) >= 11 is 0. The highest BCUT2D eigenvalue weighted by atomic mass is 16.5. The van der Waals surface area contributed by atoms with Crippen molar-refractivity contribution in [3.05, 3.63) is 65.2 Å². The van der Waals surface area contributed by atoms with Crippen molar-refractivity contribution >= 4 is 11.8 Å². The maximum absolute atomic E-state index is 12.1. The van der Waals surface area contributed by atoms with E-state index in [2.05, 4.69) is 10.9 Å². The van der Waals surface area contributed by atoms with Gasteiger partial charge in [-0.3, -0.25) is 20.4 Å². The van der Waals surface area contributed by atoms with Gasteiger partial charge in [-0.05, 0) is 56.2 Å². The minimum Gasteiger partial charge on any atom is -0.491 e. The zero-order chi connectivity index (χ0) is 17.5. The number of ether oxygens (including phenoxy) is 1. The van der Waals surface area contributed by atoms with E-state index >= 15 is 0 Å². The van der Waals surface area contributed by atoms with Crippen molar-refractivity contribution in [2.24, 2.45) is 0 Å². The van der Waals surface area contributed by atoms with Crippen molar-refractivity contribution in [1.82, 2.24) is 10.9 Å². The first-order chi connectivity index (χ1) is 11.5. The smallest absolute Gasteiger partial charge is 0.269 e. The van der Waals surface area contributed by atoms with E-state index in [-0.39, 0.29) is 17.9 Å². The highest BCUT2D eigenvalue weighted by molar-refractivity contribution is 5.99. The Kier molecular flexibility index (Phi) is 5.95. The normalized spacial score (nSPS) is 11.5. The molecule has 0 radical (unpaired) electrons. The summed E-state index contributed by atoms with van der Waals surface area (Å²) in [7, 11) is 0. The molecule has 0 aromatic heterocycles. The summed E-state index contributed by atoms with van der Waals surface area (Å²) in [6.07, 6.45) is 1.03. The largest absolute Gasteiger partial charge is 0.491 e. The molecule has 0 aliphatic rings. The monoisotopic (exact) mass is 326 g/mol. The maximum atomic E-state index is 12.1. The molecule has 0 aliphatic carbocycles. The molecule has 0 aliphatic heterocycles. The summed E-state index contributed by atoms with van der Waals surface area (Å²) in [6, 6.07) is 14.0. The molecule has 5 nitrogen and oxygen atoms in total. The summed E-state index contributed by atoms with van der Waals surface area (Å²) in [5, 5.41) is 0. The number of hydrogen-bond acceptors (Lipinski definition) is 3. The van der Waals surface area contributed by atoms with E-state index in [4.69, 9.17) is 4.74 Å². The first-order valence-corrected chi connectivity index (χ1v) is 7.94. The standard InChI is InChI=1S/C19H22N2O3/c1-4-14(3)24-16-11-9-15(10-12-16)18(22)20-21-19(23)17-8-6-5-7-13(17)2/h5-12,14H,4H2,1-3H3,(H,20,22)(H,21,23). The van der Waals surface area contributed by atoms with Crippen LogP contribution in [0.15, 0.2) is 48.5 Å². The molecule has 5 heteroatoms. The Morgan fingerprint density at radius 2 is 1.62 bits per heavy atom. The van der Waals surface area contributed by atoms with Crippen molar-refractivity contribution in [3.8, 4) is 5.75 Å². The lowest BCUT2D eigenvalue weighted by molar-refractivity contribution is 0.0846.